The van der Waals surface area contributed by atoms with E-state index in [0.29, 0.717) is 25.4 Å². The zero-order chi connectivity index (χ0) is 16.8. The van der Waals surface area contributed by atoms with Crippen LogP contribution >= 0.6 is 11.6 Å². The predicted octanol–water partition coefficient (Wildman–Crippen LogP) is 2.42. The van der Waals surface area contributed by atoms with E-state index in [4.69, 9.17) is 26.2 Å². The number of carbonyl (C=O) groups is 1. The normalized spacial score (nSPS) is 11.3. The van der Waals surface area contributed by atoms with Gasteiger partial charge in [-0.2, -0.15) is 4.98 Å². The molecule has 0 aliphatic carbocycles. The van der Waals surface area contributed by atoms with Crippen molar-refractivity contribution in [1.82, 2.24) is 19.9 Å². The highest BCUT2D eigenvalue weighted by atomic mass is 35.5. The first-order valence-corrected chi connectivity index (χ1v) is 7.66. The summed E-state index contributed by atoms with van der Waals surface area (Å²) in [6, 6.07) is 1.86. The number of hydrogen-bond acceptors (Lipinski definition) is 5. The maximum atomic E-state index is 10.7. The number of rotatable bonds is 8. The fourth-order valence-electron chi connectivity index (χ4n) is 2.27. The first-order valence-electron chi connectivity index (χ1n) is 7.28. The molecule has 0 saturated carbocycles. The van der Waals surface area contributed by atoms with Gasteiger partial charge in [-0.25, -0.2) is 9.78 Å². The summed E-state index contributed by atoms with van der Waals surface area (Å²) in [4.78, 5) is 18.9. The van der Waals surface area contributed by atoms with Crippen LogP contribution in [-0.2, 0) is 16.0 Å². The second-order valence-corrected chi connectivity index (χ2v) is 4.95. The van der Waals surface area contributed by atoms with E-state index in [0.717, 1.165) is 11.1 Å². The number of hydrogen-bond donors (Lipinski definition) is 2. The van der Waals surface area contributed by atoms with Crippen molar-refractivity contribution in [2.75, 3.05) is 19.8 Å². The minimum absolute atomic E-state index is 0.124. The first-order chi connectivity index (χ1) is 11.1. The smallest absolute Gasteiger partial charge is 0.404 e. The molecule has 0 spiro atoms. The number of fused-ring (bicyclic) bond motifs is 1. The van der Waals surface area contributed by atoms with Gasteiger partial charge in [-0.15, -0.1) is 0 Å². The Morgan fingerprint density at radius 3 is 2.74 bits per heavy atom. The molecular weight excluding hydrogens is 324 g/mol. The van der Waals surface area contributed by atoms with Gasteiger partial charge in [0, 0.05) is 37.9 Å². The molecule has 0 aliphatic rings. The maximum Gasteiger partial charge on any atom is 0.404 e. The molecule has 2 aromatic heterocycles. The van der Waals surface area contributed by atoms with Crippen molar-refractivity contribution < 1.29 is 19.4 Å². The molecule has 8 nitrogen and oxygen atoms in total. The van der Waals surface area contributed by atoms with Crippen LogP contribution in [0.2, 0.25) is 5.28 Å². The molecule has 9 heteroatoms. The zero-order valence-corrected chi connectivity index (χ0v) is 13.7. The summed E-state index contributed by atoms with van der Waals surface area (Å²) < 4.78 is 13.1. The van der Waals surface area contributed by atoms with Crippen LogP contribution in [0, 0.1) is 0 Å². The van der Waals surface area contributed by atoms with Gasteiger partial charge in [-0.1, -0.05) is 0 Å². The quantitative estimate of drug-likeness (QED) is 0.564. The van der Waals surface area contributed by atoms with E-state index in [2.05, 4.69) is 15.3 Å². The molecule has 2 rings (SSSR count). The standard InChI is InChI=1S/C14H19ClN4O4/c1-3-22-12(23-4-2)10-7-9-8-17-13(15)18-11(9)19(10)6-5-16-14(20)21/h7-8,12,16H,3-6H2,1-2H3,(H,20,21). The van der Waals surface area contributed by atoms with E-state index in [1.165, 1.54) is 0 Å². The van der Waals surface area contributed by atoms with Gasteiger partial charge in [-0.05, 0) is 31.5 Å². The van der Waals surface area contributed by atoms with Crippen molar-refractivity contribution in [1.29, 1.82) is 0 Å². The number of nitrogens with one attached hydrogen (secondary N) is 1. The van der Waals surface area contributed by atoms with Gasteiger partial charge in [-0.3, -0.25) is 0 Å². The number of amides is 1. The minimum Gasteiger partial charge on any atom is -0.465 e. The van der Waals surface area contributed by atoms with Crippen LogP contribution in [0.3, 0.4) is 0 Å². The van der Waals surface area contributed by atoms with Crippen LogP contribution in [0.25, 0.3) is 11.0 Å². The van der Waals surface area contributed by atoms with Gasteiger partial charge < -0.3 is 24.5 Å². The Labute approximate surface area is 138 Å². The predicted molar refractivity (Wildman–Crippen MR) is 84.6 cm³/mol. The average molecular weight is 343 g/mol. The molecule has 1 amide bonds. The lowest BCUT2D eigenvalue weighted by molar-refractivity contribution is -0.144. The van der Waals surface area contributed by atoms with Crippen LogP contribution in [0.15, 0.2) is 12.3 Å². The maximum absolute atomic E-state index is 10.7. The van der Waals surface area contributed by atoms with Crippen molar-refractivity contribution in [2.45, 2.75) is 26.7 Å². The number of ether oxygens (including phenoxy) is 2. The molecular formula is C14H19ClN4O4. The van der Waals surface area contributed by atoms with Gasteiger partial charge in [0.1, 0.15) is 5.65 Å². The molecule has 0 aliphatic heterocycles. The Hall–Kier alpha value is -1.90. The van der Waals surface area contributed by atoms with Gasteiger partial charge >= 0.3 is 6.09 Å². The van der Waals surface area contributed by atoms with E-state index in [1.807, 2.05) is 24.5 Å². The molecule has 0 bridgehead atoms. The lowest BCUT2D eigenvalue weighted by Gasteiger charge is -2.19. The van der Waals surface area contributed by atoms with Crippen LogP contribution in [0.5, 0.6) is 0 Å². The SMILES string of the molecule is CCOC(OCC)c1cc2cnc(Cl)nc2n1CCNC(=O)O. The van der Waals surface area contributed by atoms with E-state index in [-0.39, 0.29) is 11.8 Å². The van der Waals surface area contributed by atoms with Crippen molar-refractivity contribution in [3.63, 3.8) is 0 Å². The van der Waals surface area contributed by atoms with Crippen molar-refractivity contribution in [2.24, 2.45) is 0 Å². The molecule has 0 fully saturated rings. The Morgan fingerprint density at radius 1 is 1.43 bits per heavy atom. The summed E-state index contributed by atoms with van der Waals surface area (Å²) in [5.74, 6) is 0. The molecule has 0 saturated heterocycles. The molecule has 0 aromatic carbocycles. The first kappa shape index (κ1) is 17.5. The number of nitrogens with zero attached hydrogens (tertiary/aromatic N) is 3. The molecule has 2 N–H and O–H groups in total. The van der Waals surface area contributed by atoms with E-state index >= 15 is 0 Å². The van der Waals surface area contributed by atoms with E-state index < -0.39 is 12.4 Å². The largest absolute Gasteiger partial charge is 0.465 e. The van der Waals surface area contributed by atoms with Crippen LogP contribution in [-0.4, -0.2) is 45.5 Å². The number of halogens is 1. The van der Waals surface area contributed by atoms with E-state index in [9.17, 15) is 4.79 Å². The van der Waals surface area contributed by atoms with Crippen LogP contribution in [0.1, 0.15) is 25.8 Å². The van der Waals surface area contributed by atoms with Crippen LogP contribution < -0.4 is 5.32 Å². The summed E-state index contributed by atoms with van der Waals surface area (Å²) in [5.41, 5.74) is 1.35. The number of aromatic nitrogens is 3. The fourth-order valence-corrected chi connectivity index (χ4v) is 2.39. The third-order valence-corrected chi connectivity index (χ3v) is 3.31. The monoisotopic (exact) mass is 342 g/mol. The average Bonchev–Trinajstić information content (AvgIpc) is 2.85. The third-order valence-electron chi connectivity index (χ3n) is 3.13. The molecule has 2 aromatic rings. The Bertz CT molecular complexity index is 670. The Balaban J connectivity index is 2.41. The zero-order valence-electron chi connectivity index (χ0n) is 13.0. The molecule has 0 unspecified atom stereocenters. The highest BCUT2D eigenvalue weighted by Crippen LogP contribution is 2.26. The number of carboxylic acid groups (broad SMARTS) is 1. The summed E-state index contributed by atoms with van der Waals surface area (Å²) in [5, 5.41) is 12.0. The highest BCUT2D eigenvalue weighted by molar-refractivity contribution is 6.28. The highest BCUT2D eigenvalue weighted by Gasteiger charge is 2.20. The molecule has 126 valence electrons. The lowest BCUT2D eigenvalue weighted by atomic mass is 10.3. The van der Waals surface area contributed by atoms with Crippen LogP contribution in [0.4, 0.5) is 4.79 Å². The van der Waals surface area contributed by atoms with Crippen molar-refractivity contribution >= 4 is 28.7 Å². The van der Waals surface area contributed by atoms with Gasteiger partial charge in [0.25, 0.3) is 0 Å². The third kappa shape index (κ3) is 4.31. The van der Waals surface area contributed by atoms with Gasteiger partial charge in [0.15, 0.2) is 6.29 Å². The summed E-state index contributed by atoms with van der Waals surface area (Å²) in [7, 11) is 0. The molecule has 0 radical (unpaired) electrons. The van der Waals surface area contributed by atoms with E-state index in [1.54, 1.807) is 6.20 Å². The minimum atomic E-state index is -1.08. The van der Waals surface area contributed by atoms with Crippen molar-refractivity contribution in [3.8, 4) is 0 Å². The molecule has 2 heterocycles. The van der Waals surface area contributed by atoms with Crippen molar-refractivity contribution in [3.05, 3.63) is 23.2 Å². The Morgan fingerprint density at radius 2 is 2.13 bits per heavy atom. The Kier molecular flexibility index (Phi) is 6.14. The summed E-state index contributed by atoms with van der Waals surface area (Å²) in [6.45, 7) is 5.30. The summed E-state index contributed by atoms with van der Waals surface area (Å²) >= 11 is 5.88. The topological polar surface area (TPSA) is 98.5 Å². The molecule has 23 heavy (non-hydrogen) atoms. The fraction of sp³-hybridized carbons (Fsp3) is 0.500. The molecule has 0 atom stereocenters. The van der Waals surface area contributed by atoms with Gasteiger partial charge in [0.2, 0.25) is 5.28 Å². The summed E-state index contributed by atoms with van der Waals surface area (Å²) in [6.07, 6.45) is -0.0332. The second-order valence-electron chi connectivity index (χ2n) is 4.61. The lowest BCUT2D eigenvalue weighted by Crippen LogP contribution is -2.26. The second kappa shape index (κ2) is 8.09. The van der Waals surface area contributed by atoms with Gasteiger partial charge in [0.05, 0.1) is 5.69 Å².